The maximum absolute atomic E-state index is 6.10. The largest absolute Gasteiger partial charge is 0.375 e. The van der Waals surface area contributed by atoms with Crippen molar-refractivity contribution in [3.05, 3.63) is 70.8 Å². The first-order valence-electron chi connectivity index (χ1n) is 6.30. The minimum Gasteiger partial charge on any atom is -0.375 e. The van der Waals surface area contributed by atoms with E-state index in [1.165, 1.54) is 16.7 Å². The Morgan fingerprint density at radius 1 is 1.00 bits per heavy atom. The van der Waals surface area contributed by atoms with Crippen LogP contribution in [0.4, 0.5) is 0 Å². The number of ether oxygens (including phenoxy) is 1. The van der Waals surface area contributed by atoms with Gasteiger partial charge in [0, 0.05) is 12.4 Å². The lowest BCUT2D eigenvalue weighted by molar-refractivity contribution is 0.0162. The number of benzene rings is 2. The van der Waals surface area contributed by atoms with Crippen molar-refractivity contribution in [1.82, 2.24) is 0 Å². The maximum Gasteiger partial charge on any atom is 0.115 e. The summed E-state index contributed by atoms with van der Waals surface area (Å²) in [6.07, 6.45) is 0.963. The molecule has 0 aliphatic carbocycles. The monoisotopic (exact) mass is 234 g/mol. The van der Waals surface area contributed by atoms with E-state index in [1.807, 2.05) is 12.1 Å². The molecule has 0 saturated heterocycles. The van der Waals surface area contributed by atoms with Gasteiger partial charge < -0.3 is 4.74 Å². The Hall–Kier alpha value is -1.54. The molecule has 1 aliphatic rings. The highest BCUT2D eigenvalue weighted by Gasteiger charge is 2.25. The molecule has 1 nitrogen and oxygen atoms in total. The number of rotatable bonds is 1. The van der Waals surface area contributed by atoms with Crippen LogP contribution in [0.2, 0.25) is 0 Å². The summed E-state index contributed by atoms with van der Waals surface area (Å²) < 4.78 is 5.96. The third-order valence-electron chi connectivity index (χ3n) is 3.61. The molecule has 1 heterocycles. The molecular weight excluding hydrogens is 219 g/mol. The fourth-order valence-electron chi connectivity index (χ4n) is 2.63. The van der Waals surface area contributed by atoms with E-state index < -0.39 is 0 Å². The Morgan fingerprint density at radius 2 is 1.67 bits per heavy atom. The summed E-state index contributed by atoms with van der Waals surface area (Å²) in [6, 6.07) is 16.3. The van der Waals surface area contributed by atoms with E-state index in [0.29, 0.717) is 0 Å². The number of fused-ring (bicyclic) bond motifs is 1. The topological polar surface area (TPSA) is 9.23 Å². The minimum atomic E-state index is -0.320. The summed E-state index contributed by atoms with van der Waals surface area (Å²) >= 11 is 0. The van der Waals surface area contributed by atoms with E-state index in [0.717, 1.165) is 12.0 Å². The van der Waals surface area contributed by atoms with Crippen molar-refractivity contribution in [2.45, 2.75) is 25.5 Å². The van der Waals surface area contributed by atoms with Crippen LogP contribution in [-0.2, 0) is 11.2 Å². The van der Waals surface area contributed by atoms with Gasteiger partial charge in [-0.3, -0.25) is 0 Å². The van der Waals surface area contributed by atoms with Crippen molar-refractivity contribution in [1.29, 1.82) is 0 Å². The number of aryl methyl sites for hydroxylation is 1. The van der Waals surface area contributed by atoms with Crippen LogP contribution in [0.1, 0.15) is 34.4 Å². The van der Waals surface area contributed by atoms with Crippen LogP contribution in [0, 0.1) is 6.92 Å². The van der Waals surface area contributed by atoms with Crippen molar-refractivity contribution in [3.63, 3.8) is 0 Å². The molecule has 1 aliphatic heterocycles. The van der Waals surface area contributed by atoms with Gasteiger partial charge in [-0.25, -0.2) is 0 Å². The van der Waals surface area contributed by atoms with Crippen LogP contribution < -0.4 is 0 Å². The fourth-order valence-corrected chi connectivity index (χ4v) is 2.63. The van der Waals surface area contributed by atoms with Gasteiger partial charge in [-0.05, 0) is 29.2 Å². The second kappa shape index (κ2) is 4.62. The van der Waals surface area contributed by atoms with Crippen LogP contribution in [0.5, 0.6) is 0 Å². The van der Waals surface area contributed by atoms with Crippen LogP contribution in [0.25, 0.3) is 0 Å². The zero-order chi connectivity index (χ0) is 12.5. The van der Waals surface area contributed by atoms with Gasteiger partial charge in [-0.2, -0.15) is 0 Å². The number of hydrogen-bond donors (Lipinski definition) is 0. The summed E-state index contributed by atoms with van der Waals surface area (Å²) in [5.41, 5.74) is 4.91. The van der Waals surface area contributed by atoms with E-state index in [4.69, 9.17) is 12.6 Å². The zero-order valence-corrected chi connectivity index (χ0v) is 10.5. The van der Waals surface area contributed by atoms with E-state index in [2.05, 4.69) is 43.3 Å². The molecule has 0 spiro atoms. The second-order valence-electron chi connectivity index (χ2n) is 4.80. The van der Waals surface area contributed by atoms with Gasteiger partial charge in [0.15, 0.2) is 0 Å². The summed E-state index contributed by atoms with van der Waals surface area (Å²) in [5, 5.41) is 0. The van der Waals surface area contributed by atoms with Crippen molar-refractivity contribution in [2.75, 3.05) is 0 Å². The Balaban J connectivity index is 1.97. The highest BCUT2D eigenvalue weighted by Crippen LogP contribution is 2.36. The third kappa shape index (κ3) is 1.97. The molecule has 2 unspecified atom stereocenters. The first-order valence-corrected chi connectivity index (χ1v) is 6.30. The predicted octanol–water partition coefficient (Wildman–Crippen LogP) is 3.48. The van der Waals surface area contributed by atoms with E-state index in [-0.39, 0.29) is 12.1 Å². The molecule has 2 aromatic carbocycles. The lowest BCUT2D eigenvalue weighted by Crippen LogP contribution is -2.21. The molecule has 0 N–H and O–H groups in total. The van der Waals surface area contributed by atoms with E-state index >= 15 is 0 Å². The molecule has 0 aromatic heterocycles. The van der Waals surface area contributed by atoms with E-state index in [9.17, 15) is 0 Å². The summed E-state index contributed by atoms with van der Waals surface area (Å²) in [7, 11) is 6.10. The molecule has 18 heavy (non-hydrogen) atoms. The molecule has 2 radical (unpaired) electrons. The van der Waals surface area contributed by atoms with Gasteiger partial charge in [0.05, 0.1) is 6.10 Å². The molecule has 0 saturated carbocycles. The molecule has 0 amide bonds. The van der Waals surface area contributed by atoms with Crippen LogP contribution in [0.3, 0.4) is 0 Å². The van der Waals surface area contributed by atoms with Crippen molar-refractivity contribution in [3.8, 4) is 0 Å². The predicted molar refractivity (Wildman–Crippen MR) is 73.6 cm³/mol. The molecule has 2 heteroatoms. The summed E-state index contributed by atoms with van der Waals surface area (Å²) in [4.78, 5) is 0. The Labute approximate surface area is 109 Å². The standard InChI is InChI=1S/C16H15BO/c1-11-6-2-4-8-13(11)15-10-12-7-3-5-9-14(12)16(17)18-15/h2-9,15-16H,10H2,1H3. The molecule has 2 aromatic rings. The maximum atomic E-state index is 6.10. The van der Waals surface area contributed by atoms with Crippen molar-refractivity contribution >= 4 is 7.85 Å². The molecule has 0 bridgehead atoms. The van der Waals surface area contributed by atoms with Crippen molar-refractivity contribution in [2.24, 2.45) is 0 Å². The Kier molecular flexibility index (Phi) is 2.96. The highest BCUT2D eigenvalue weighted by molar-refractivity contribution is 6.11. The van der Waals surface area contributed by atoms with Crippen LogP contribution >= 0.6 is 0 Å². The van der Waals surface area contributed by atoms with Gasteiger partial charge in [0.25, 0.3) is 0 Å². The summed E-state index contributed by atoms with van der Waals surface area (Å²) in [6.45, 7) is 2.12. The zero-order valence-electron chi connectivity index (χ0n) is 10.5. The molecule has 0 fully saturated rings. The van der Waals surface area contributed by atoms with Gasteiger partial charge in [0.2, 0.25) is 0 Å². The quantitative estimate of drug-likeness (QED) is 0.686. The average molecular weight is 234 g/mol. The van der Waals surface area contributed by atoms with Crippen molar-refractivity contribution < 1.29 is 4.74 Å². The van der Waals surface area contributed by atoms with Gasteiger partial charge >= 0.3 is 0 Å². The fraction of sp³-hybridized carbons (Fsp3) is 0.250. The van der Waals surface area contributed by atoms with Gasteiger partial charge in [0.1, 0.15) is 7.85 Å². The SMILES string of the molecule is [B]C1OC(c2ccccc2C)Cc2ccccc21. The van der Waals surface area contributed by atoms with E-state index in [1.54, 1.807) is 0 Å². The Bertz CT molecular complexity index is 565. The molecule has 88 valence electrons. The van der Waals surface area contributed by atoms with Crippen LogP contribution in [-0.4, -0.2) is 7.85 Å². The van der Waals surface area contributed by atoms with Gasteiger partial charge in [-0.15, -0.1) is 0 Å². The smallest absolute Gasteiger partial charge is 0.115 e. The first-order chi connectivity index (χ1) is 8.75. The molecular formula is C16H15BO. The molecule has 2 atom stereocenters. The second-order valence-corrected chi connectivity index (χ2v) is 4.80. The van der Waals surface area contributed by atoms with Gasteiger partial charge in [-0.1, -0.05) is 48.5 Å². The molecule has 3 rings (SSSR count). The minimum absolute atomic E-state index is 0.0658. The first kappa shape index (κ1) is 11.5. The van der Waals surface area contributed by atoms with Crippen LogP contribution in [0.15, 0.2) is 48.5 Å². The summed E-state index contributed by atoms with van der Waals surface area (Å²) in [5.74, 6) is 0. The Morgan fingerprint density at radius 3 is 2.44 bits per heavy atom. The third-order valence-corrected chi connectivity index (χ3v) is 3.61. The lowest BCUT2D eigenvalue weighted by atomic mass is 9.82. The average Bonchev–Trinajstić information content (AvgIpc) is 2.39. The normalized spacial score (nSPS) is 22.5. The number of hydrogen-bond acceptors (Lipinski definition) is 1. The highest BCUT2D eigenvalue weighted by atomic mass is 16.5. The lowest BCUT2D eigenvalue weighted by Gasteiger charge is -2.31.